The summed E-state index contributed by atoms with van der Waals surface area (Å²) < 4.78 is 5.86. The average Bonchev–Trinajstić information content (AvgIpc) is 3.30. The van der Waals surface area contributed by atoms with Crippen LogP contribution in [0.15, 0.2) is 36.5 Å². The number of benzene rings is 1. The van der Waals surface area contributed by atoms with Crippen LogP contribution in [-0.4, -0.2) is 11.0 Å². The molecule has 0 radical (unpaired) electrons. The van der Waals surface area contributed by atoms with Crippen molar-refractivity contribution in [1.29, 1.82) is 0 Å². The summed E-state index contributed by atoms with van der Waals surface area (Å²) >= 11 is 0. The summed E-state index contributed by atoms with van der Waals surface area (Å²) in [7, 11) is 0. The molecule has 0 aliphatic heterocycles. The molecule has 21 heavy (non-hydrogen) atoms. The van der Waals surface area contributed by atoms with Gasteiger partial charge in [-0.25, -0.2) is 0 Å². The van der Waals surface area contributed by atoms with Crippen LogP contribution in [0.3, 0.4) is 0 Å². The third-order valence-electron chi connectivity index (χ3n) is 3.97. The highest BCUT2D eigenvalue weighted by Gasteiger charge is 2.20. The Morgan fingerprint density at radius 3 is 2.52 bits per heavy atom. The summed E-state index contributed by atoms with van der Waals surface area (Å²) in [6.45, 7) is 5.69. The molecular weight excluding hydrogens is 260 g/mol. The molecule has 1 aliphatic carbocycles. The maximum absolute atomic E-state index is 5.86. The lowest BCUT2D eigenvalue weighted by atomic mass is 10.0. The van der Waals surface area contributed by atoms with Gasteiger partial charge in [0, 0.05) is 12.6 Å². The summed E-state index contributed by atoms with van der Waals surface area (Å²) in [4.78, 5) is 4.45. The number of ether oxygens (including phenoxy) is 1. The molecule has 3 heteroatoms. The van der Waals surface area contributed by atoms with Gasteiger partial charge in [-0.3, -0.25) is 4.98 Å². The van der Waals surface area contributed by atoms with Gasteiger partial charge < -0.3 is 10.1 Å². The van der Waals surface area contributed by atoms with Crippen LogP contribution in [0.25, 0.3) is 0 Å². The largest absolute Gasteiger partial charge is 0.487 e. The van der Waals surface area contributed by atoms with Crippen molar-refractivity contribution in [2.24, 2.45) is 0 Å². The molecule has 1 fully saturated rings. The van der Waals surface area contributed by atoms with Crippen LogP contribution in [0.1, 0.15) is 35.2 Å². The predicted octanol–water partition coefficient (Wildman–Crippen LogP) is 3.53. The summed E-state index contributed by atoms with van der Waals surface area (Å²) in [6, 6.07) is 11.1. The van der Waals surface area contributed by atoms with Crippen LogP contribution >= 0.6 is 0 Å². The van der Waals surface area contributed by atoms with Gasteiger partial charge >= 0.3 is 0 Å². The quantitative estimate of drug-likeness (QED) is 0.880. The van der Waals surface area contributed by atoms with Crippen molar-refractivity contribution in [3.05, 3.63) is 58.9 Å². The van der Waals surface area contributed by atoms with Crippen molar-refractivity contribution >= 4 is 0 Å². The van der Waals surface area contributed by atoms with Gasteiger partial charge in [-0.05, 0) is 55.5 Å². The van der Waals surface area contributed by atoms with Crippen molar-refractivity contribution < 1.29 is 4.74 Å². The SMILES string of the molecule is Cc1cccc(C)c1COc1ccc(CNC2CC2)nc1. The molecule has 2 aromatic rings. The fourth-order valence-corrected chi connectivity index (χ4v) is 2.37. The molecule has 1 N–H and O–H groups in total. The molecule has 0 atom stereocenters. The van der Waals surface area contributed by atoms with Crippen molar-refractivity contribution in [2.45, 2.75) is 45.9 Å². The highest BCUT2D eigenvalue weighted by atomic mass is 16.5. The Hall–Kier alpha value is -1.87. The molecule has 110 valence electrons. The molecule has 0 bridgehead atoms. The number of hydrogen-bond donors (Lipinski definition) is 1. The third-order valence-corrected chi connectivity index (χ3v) is 3.97. The van der Waals surface area contributed by atoms with Crippen molar-refractivity contribution in [3.8, 4) is 5.75 Å². The highest BCUT2D eigenvalue weighted by molar-refractivity contribution is 5.33. The zero-order valence-corrected chi connectivity index (χ0v) is 12.7. The maximum atomic E-state index is 5.86. The Balaban J connectivity index is 1.57. The lowest BCUT2D eigenvalue weighted by molar-refractivity contribution is 0.303. The molecule has 0 unspecified atom stereocenters. The van der Waals surface area contributed by atoms with Crippen molar-refractivity contribution in [2.75, 3.05) is 0 Å². The summed E-state index contributed by atoms with van der Waals surface area (Å²) in [6.07, 6.45) is 4.42. The van der Waals surface area contributed by atoms with E-state index in [4.69, 9.17) is 4.74 Å². The summed E-state index contributed by atoms with van der Waals surface area (Å²) in [5.74, 6) is 0.827. The van der Waals surface area contributed by atoms with Gasteiger partial charge in [0.15, 0.2) is 0 Å². The second-order valence-electron chi connectivity index (χ2n) is 5.80. The molecule has 1 heterocycles. The molecule has 1 aromatic heterocycles. The second-order valence-corrected chi connectivity index (χ2v) is 5.80. The van der Waals surface area contributed by atoms with E-state index in [1.54, 1.807) is 0 Å². The van der Waals surface area contributed by atoms with Gasteiger partial charge in [0.2, 0.25) is 0 Å². The molecule has 0 amide bonds. The van der Waals surface area contributed by atoms with Crippen LogP contribution in [0.5, 0.6) is 5.75 Å². The van der Waals surface area contributed by atoms with Crippen molar-refractivity contribution in [3.63, 3.8) is 0 Å². The molecule has 1 saturated carbocycles. The molecule has 1 aliphatic rings. The van der Waals surface area contributed by atoms with Gasteiger partial charge in [-0.2, -0.15) is 0 Å². The van der Waals surface area contributed by atoms with Gasteiger partial charge in [0.1, 0.15) is 12.4 Å². The second kappa shape index (κ2) is 6.27. The lowest BCUT2D eigenvalue weighted by Crippen LogP contribution is -2.16. The first kappa shape index (κ1) is 14.1. The van der Waals surface area contributed by atoms with Gasteiger partial charge in [-0.15, -0.1) is 0 Å². The minimum atomic E-state index is 0.597. The topological polar surface area (TPSA) is 34.1 Å². The first-order valence-corrected chi connectivity index (χ1v) is 7.58. The van der Waals surface area contributed by atoms with Gasteiger partial charge in [-0.1, -0.05) is 18.2 Å². The molecule has 3 rings (SSSR count). The van der Waals surface area contributed by atoms with E-state index in [0.717, 1.165) is 18.0 Å². The van der Waals surface area contributed by atoms with Crippen LogP contribution in [0.2, 0.25) is 0 Å². The standard InChI is InChI=1S/C18H22N2O/c1-13-4-3-5-14(2)18(13)12-21-17-9-8-16(20-11-17)10-19-15-6-7-15/h3-5,8-9,11,15,19H,6-7,10,12H2,1-2H3. The minimum absolute atomic E-state index is 0.597. The van der Waals surface area contributed by atoms with E-state index in [0.29, 0.717) is 12.6 Å². The fraction of sp³-hybridized carbons (Fsp3) is 0.389. The third kappa shape index (κ3) is 3.82. The fourth-order valence-electron chi connectivity index (χ4n) is 2.37. The molecular formula is C18H22N2O. The Bertz CT molecular complexity index is 583. The van der Waals surface area contributed by atoms with E-state index in [1.165, 1.54) is 29.5 Å². The molecule has 0 saturated heterocycles. The van der Waals surface area contributed by atoms with E-state index >= 15 is 0 Å². The minimum Gasteiger partial charge on any atom is -0.487 e. The number of aromatic nitrogens is 1. The zero-order valence-electron chi connectivity index (χ0n) is 12.7. The number of aryl methyl sites for hydroxylation is 2. The van der Waals surface area contributed by atoms with Crippen LogP contribution in [0, 0.1) is 13.8 Å². The Kier molecular flexibility index (Phi) is 4.20. The first-order valence-electron chi connectivity index (χ1n) is 7.58. The normalized spacial score (nSPS) is 14.2. The van der Waals surface area contributed by atoms with Gasteiger partial charge in [0.05, 0.1) is 11.9 Å². The number of rotatable bonds is 6. The summed E-state index contributed by atoms with van der Waals surface area (Å²) in [5, 5.41) is 3.46. The lowest BCUT2D eigenvalue weighted by Gasteiger charge is -2.11. The van der Waals surface area contributed by atoms with E-state index in [9.17, 15) is 0 Å². The average molecular weight is 282 g/mol. The smallest absolute Gasteiger partial charge is 0.138 e. The zero-order chi connectivity index (χ0) is 14.7. The molecule has 1 aromatic carbocycles. The van der Waals surface area contributed by atoms with Crippen LogP contribution in [-0.2, 0) is 13.2 Å². The van der Waals surface area contributed by atoms with E-state index in [1.807, 2.05) is 18.3 Å². The Labute approximate surface area is 126 Å². The molecule has 0 spiro atoms. The molecule has 3 nitrogen and oxygen atoms in total. The van der Waals surface area contributed by atoms with E-state index in [2.05, 4.69) is 42.3 Å². The Morgan fingerprint density at radius 1 is 1.14 bits per heavy atom. The van der Waals surface area contributed by atoms with Gasteiger partial charge in [0.25, 0.3) is 0 Å². The first-order chi connectivity index (χ1) is 10.2. The number of nitrogens with zero attached hydrogens (tertiary/aromatic N) is 1. The number of hydrogen-bond acceptors (Lipinski definition) is 3. The maximum Gasteiger partial charge on any atom is 0.138 e. The number of pyridine rings is 1. The Morgan fingerprint density at radius 2 is 1.90 bits per heavy atom. The van der Waals surface area contributed by atoms with E-state index in [-0.39, 0.29) is 0 Å². The highest BCUT2D eigenvalue weighted by Crippen LogP contribution is 2.20. The van der Waals surface area contributed by atoms with Crippen LogP contribution < -0.4 is 10.1 Å². The monoisotopic (exact) mass is 282 g/mol. The predicted molar refractivity (Wildman–Crippen MR) is 84.3 cm³/mol. The number of nitrogens with one attached hydrogen (secondary N) is 1. The van der Waals surface area contributed by atoms with E-state index < -0.39 is 0 Å². The summed E-state index contributed by atoms with van der Waals surface area (Å²) in [5.41, 5.74) is 4.87. The van der Waals surface area contributed by atoms with Crippen molar-refractivity contribution in [1.82, 2.24) is 10.3 Å². The van der Waals surface area contributed by atoms with Crippen LogP contribution in [0.4, 0.5) is 0 Å².